The minimum absolute atomic E-state index is 0.0944. The zero-order valence-electron chi connectivity index (χ0n) is 17.1. The number of pyridine rings is 1. The lowest BCUT2D eigenvalue weighted by Crippen LogP contribution is -2.38. The van der Waals surface area contributed by atoms with Crippen molar-refractivity contribution in [2.24, 2.45) is 4.99 Å². The van der Waals surface area contributed by atoms with Gasteiger partial charge in [-0.3, -0.25) is 9.79 Å². The first-order valence-electron chi connectivity index (χ1n) is 10.1. The van der Waals surface area contributed by atoms with E-state index in [2.05, 4.69) is 44.1 Å². The summed E-state index contributed by atoms with van der Waals surface area (Å²) in [7, 11) is 0. The minimum Gasteiger partial charge on any atom is -0.493 e. The molecule has 1 aromatic carbocycles. The van der Waals surface area contributed by atoms with Gasteiger partial charge in [0.1, 0.15) is 11.6 Å². The number of carbonyl (C=O) groups is 1. The number of fused-ring (bicyclic) bond motifs is 1. The first-order chi connectivity index (χ1) is 14.1. The Morgan fingerprint density at radius 1 is 1.24 bits per heavy atom. The van der Waals surface area contributed by atoms with Gasteiger partial charge in [-0.15, -0.1) is 0 Å². The van der Waals surface area contributed by atoms with Gasteiger partial charge in [-0.1, -0.05) is 18.2 Å². The fourth-order valence-electron chi connectivity index (χ4n) is 3.15. The molecule has 1 aliphatic rings. The summed E-state index contributed by atoms with van der Waals surface area (Å²) < 4.78 is 5.55. The Morgan fingerprint density at radius 2 is 2.14 bits per heavy atom. The van der Waals surface area contributed by atoms with Gasteiger partial charge < -0.3 is 20.7 Å². The third kappa shape index (κ3) is 6.48. The number of aliphatic imine (C=N–C) groups is 1. The highest BCUT2D eigenvalue weighted by molar-refractivity contribution is 5.90. The Labute approximate surface area is 172 Å². The number of nitrogens with one attached hydrogen (secondary N) is 3. The van der Waals surface area contributed by atoms with Gasteiger partial charge in [0.15, 0.2) is 5.96 Å². The summed E-state index contributed by atoms with van der Waals surface area (Å²) in [6.45, 7) is 6.63. The van der Waals surface area contributed by atoms with Gasteiger partial charge in [0.05, 0.1) is 13.2 Å². The number of hydrogen-bond donors (Lipinski definition) is 3. The Hall–Kier alpha value is -3.09. The second-order valence-corrected chi connectivity index (χ2v) is 6.94. The molecule has 0 atom stereocenters. The van der Waals surface area contributed by atoms with Crippen molar-refractivity contribution in [2.75, 3.05) is 31.6 Å². The second kappa shape index (κ2) is 10.5. The zero-order valence-corrected chi connectivity index (χ0v) is 17.1. The van der Waals surface area contributed by atoms with Crippen molar-refractivity contribution in [2.45, 2.75) is 33.1 Å². The van der Waals surface area contributed by atoms with Crippen LogP contribution >= 0.6 is 0 Å². The Balaban J connectivity index is 1.43. The van der Waals surface area contributed by atoms with Gasteiger partial charge in [0.25, 0.3) is 0 Å². The molecular formula is C22H29N5O2. The van der Waals surface area contributed by atoms with Crippen LogP contribution < -0.4 is 20.7 Å². The average Bonchev–Trinajstić information content (AvgIpc) is 3.16. The van der Waals surface area contributed by atoms with Crippen LogP contribution in [0.25, 0.3) is 0 Å². The highest BCUT2D eigenvalue weighted by atomic mass is 16.5. The van der Waals surface area contributed by atoms with Crippen molar-refractivity contribution in [3.8, 4) is 5.75 Å². The molecule has 3 rings (SSSR count). The molecule has 0 bridgehead atoms. The fourth-order valence-corrected chi connectivity index (χ4v) is 3.15. The van der Waals surface area contributed by atoms with Crippen molar-refractivity contribution in [3.63, 3.8) is 0 Å². The lowest BCUT2D eigenvalue weighted by Gasteiger charge is -2.12. The predicted octanol–water partition coefficient (Wildman–Crippen LogP) is 2.45. The summed E-state index contributed by atoms with van der Waals surface area (Å²) in [5.41, 5.74) is 3.44. The second-order valence-electron chi connectivity index (χ2n) is 6.94. The van der Waals surface area contributed by atoms with E-state index in [-0.39, 0.29) is 5.91 Å². The smallest absolute Gasteiger partial charge is 0.227 e. The van der Waals surface area contributed by atoms with E-state index < -0.39 is 0 Å². The standard InChI is InChI=1S/C22H29N5O2/c1-3-23-22(24-12-9-17-7-8-19-18(15-17)11-14-29-19)25-13-10-21(28)27-20-6-4-5-16(2)26-20/h4-8,15H,3,9-14H2,1-2H3,(H2,23,24,25)(H,26,27,28). The monoisotopic (exact) mass is 395 g/mol. The molecule has 0 aliphatic carbocycles. The molecule has 0 saturated heterocycles. The molecular weight excluding hydrogens is 366 g/mol. The molecule has 1 aliphatic heterocycles. The van der Waals surface area contributed by atoms with Crippen LogP contribution in [0.3, 0.4) is 0 Å². The van der Waals surface area contributed by atoms with Crippen LogP contribution in [-0.4, -0.2) is 43.1 Å². The van der Waals surface area contributed by atoms with Crippen LogP contribution in [-0.2, 0) is 17.6 Å². The third-order valence-electron chi connectivity index (χ3n) is 4.57. The molecule has 7 nitrogen and oxygen atoms in total. The maximum Gasteiger partial charge on any atom is 0.227 e. The van der Waals surface area contributed by atoms with Crippen LogP contribution in [0.2, 0.25) is 0 Å². The van der Waals surface area contributed by atoms with Crippen LogP contribution in [0.4, 0.5) is 5.82 Å². The molecule has 0 radical (unpaired) electrons. The summed E-state index contributed by atoms with van der Waals surface area (Å²) >= 11 is 0. The van der Waals surface area contributed by atoms with Crippen molar-refractivity contribution in [1.29, 1.82) is 0 Å². The summed E-state index contributed by atoms with van der Waals surface area (Å²) in [6.07, 6.45) is 2.19. The topological polar surface area (TPSA) is 87.6 Å². The summed E-state index contributed by atoms with van der Waals surface area (Å²) in [4.78, 5) is 20.9. The first-order valence-corrected chi connectivity index (χ1v) is 10.1. The molecule has 0 saturated carbocycles. The molecule has 0 unspecified atom stereocenters. The average molecular weight is 396 g/mol. The van der Waals surface area contributed by atoms with Crippen LogP contribution in [0.1, 0.15) is 30.2 Å². The molecule has 2 heterocycles. The summed E-state index contributed by atoms with van der Waals surface area (Å²) in [5, 5.41) is 9.35. The van der Waals surface area contributed by atoms with Gasteiger partial charge >= 0.3 is 0 Å². The van der Waals surface area contributed by atoms with Crippen molar-refractivity contribution >= 4 is 17.7 Å². The summed E-state index contributed by atoms with van der Waals surface area (Å²) in [5.74, 6) is 2.21. The number of carbonyl (C=O) groups excluding carboxylic acids is 1. The molecule has 7 heteroatoms. The number of nitrogens with zero attached hydrogens (tertiary/aromatic N) is 2. The van der Waals surface area contributed by atoms with E-state index >= 15 is 0 Å². The number of anilines is 1. The number of ether oxygens (including phenoxy) is 1. The van der Waals surface area contributed by atoms with Gasteiger partial charge in [0, 0.05) is 31.6 Å². The number of benzene rings is 1. The quantitative estimate of drug-likeness (QED) is 0.472. The Morgan fingerprint density at radius 3 is 2.97 bits per heavy atom. The lowest BCUT2D eigenvalue weighted by atomic mass is 10.1. The van der Waals surface area contributed by atoms with Crippen LogP contribution in [0.15, 0.2) is 41.4 Å². The number of guanidine groups is 1. The van der Waals surface area contributed by atoms with E-state index in [1.807, 2.05) is 26.0 Å². The van der Waals surface area contributed by atoms with E-state index in [9.17, 15) is 4.79 Å². The van der Waals surface area contributed by atoms with Gasteiger partial charge in [0.2, 0.25) is 5.91 Å². The first kappa shape index (κ1) is 20.6. The van der Waals surface area contributed by atoms with Crippen LogP contribution in [0.5, 0.6) is 5.75 Å². The maximum absolute atomic E-state index is 12.1. The van der Waals surface area contributed by atoms with Crippen molar-refractivity contribution in [1.82, 2.24) is 15.6 Å². The fraction of sp³-hybridized carbons (Fsp3) is 0.409. The normalized spacial score (nSPS) is 12.8. The molecule has 154 valence electrons. The zero-order chi connectivity index (χ0) is 20.5. The lowest BCUT2D eigenvalue weighted by molar-refractivity contribution is -0.116. The minimum atomic E-state index is -0.0944. The van der Waals surface area contributed by atoms with E-state index in [1.54, 1.807) is 6.07 Å². The highest BCUT2D eigenvalue weighted by Crippen LogP contribution is 2.25. The number of hydrogen-bond acceptors (Lipinski definition) is 4. The highest BCUT2D eigenvalue weighted by Gasteiger charge is 2.11. The van der Waals surface area contributed by atoms with E-state index in [4.69, 9.17) is 4.74 Å². The molecule has 3 N–H and O–H groups in total. The Kier molecular flexibility index (Phi) is 7.44. The van der Waals surface area contributed by atoms with Gasteiger partial charge in [-0.2, -0.15) is 0 Å². The largest absolute Gasteiger partial charge is 0.493 e. The number of aryl methyl sites for hydroxylation is 1. The maximum atomic E-state index is 12.1. The van der Waals surface area contributed by atoms with Crippen LogP contribution in [0, 0.1) is 6.92 Å². The van der Waals surface area contributed by atoms with Crippen molar-refractivity contribution < 1.29 is 9.53 Å². The summed E-state index contributed by atoms with van der Waals surface area (Å²) in [6, 6.07) is 11.9. The molecule has 0 spiro atoms. The molecule has 0 fully saturated rings. The molecule has 2 aromatic rings. The number of amides is 1. The number of rotatable bonds is 8. The van der Waals surface area contributed by atoms with Gasteiger partial charge in [-0.25, -0.2) is 4.98 Å². The van der Waals surface area contributed by atoms with E-state index in [0.717, 1.165) is 49.9 Å². The number of aromatic nitrogens is 1. The predicted molar refractivity (Wildman–Crippen MR) is 116 cm³/mol. The molecule has 1 amide bonds. The molecule has 1 aromatic heterocycles. The molecule has 29 heavy (non-hydrogen) atoms. The van der Waals surface area contributed by atoms with Crippen molar-refractivity contribution in [3.05, 3.63) is 53.2 Å². The van der Waals surface area contributed by atoms with Gasteiger partial charge in [-0.05, 0) is 49.6 Å². The Bertz CT molecular complexity index is 866. The van der Waals surface area contributed by atoms with E-state index in [1.165, 1.54) is 11.1 Å². The third-order valence-corrected chi connectivity index (χ3v) is 4.57. The van der Waals surface area contributed by atoms with E-state index in [0.29, 0.717) is 18.8 Å². The SMILES string of the molecule is CCNC(=NCCC(=O)Nc1cccc(C)n1)NCCc1ccc2c(c1)CCO2.